The maximum absolute atomic E-state index is 3.81. The van der Waals surface area contributed by atoms with E-state index in [-0.39, 0.29) is 0 Å². The molecule has 0 amide bonds. The second kappa shape index (κ2) is 10.2. The topological polar surface area (TPSA) is 12.4 Å². The van der Waals surface area contributed by atoms with E-state index in [1.54, 1.807) is 12.3 Å². The van der Waals surface area contributed by atoms with Crippen molar-refractivity contribution in [2.45, 2.75) is 20.8 Å². The zero-order valence-corrected chi connectivity index (χ0v) is 6.52. The van der Waals surface area contributed by atoms with Crippen molar-refractivity contribution in [1.29, 1.82) is 0 Å². The minimum atomic E-state index is 0.859. The summed E-state index contributed by atoms with van der Waals surface area (Å²) < 4.78 is 0. The van der Waals surface area contributed by atoms with Crippen LogP contribution >= 0.6 is 0 Å². The van der Waals surface area contributed by atoms with Gasteiger partial charge in [-0.25, -0.2) is 0 Å². The smallest absolute Gasteiger partial charge is 0.0296 e. The van der Waals surface area contributed by atoms with Crippen LogP contribution in [0.3, 0.4) is 0 Å². The molecule has 0 rings (SSSR count). The van der Waals surface area contributed by atoms with Crippen LogP contribution in [0.15, 0.2) is 29.9 Å². The first-order valence-corrected chi connectivity index (χ1v) is 2.90. The number of aliphatic imine (C=N–C) groups is 1. The number of hydrogen-bond acceptors (Lipinski definition) is 1. The van der Waals surface area contributed by atoms with Gasteiger partial charge in [0, 0.05) is 11.9 Å². The molecule has 0 saturated carbocycles. The van der Waals surface area contributed by atoms with E-state index in [2.05, 4.69) is 18.2 Å². The molecule has 9 heavy (non-hydrogen) atoms. The largest absolute Gasteiger partial charge is 0.267 e. The molecule has 0 aliphatic heterocycles. The van der Waals surface area contributed by atoms with Gasteiger partial charge in [0.2, 0.25) is 0 Å². The maximum Gasteiger partial charge on any atom is 0.0296 e. The lowest BCUT2D eigenvalue weighted by atomic mass is 10.6. The van der Waals surface area contributed by atoms with Crippen LogP contribution < -0.4 is 0 Å². The fourth-order valence-corrected chi connectivity index (χ4v) is 0.220. The summed E-state index contributed by atoms with van der Waals surface area (Å²) in [7, 11) is 0. The molecule has 1 heteroatoms. The van der Waals surface area contributed by atoms with Crippen molar-refractivity contribution < 1.29 is 0 Å². The average molecular weight is 125 g/mol. The van der Waals surface area contributed by atoms with Gasteiger partial charge in [-0.05, 0) is 20.8 Å². The van der Waals surface area contributed by atoms with E-state index < -0.39 is 0 Å². The van der Waals surface area contributed by atoms with Gasteiger partial charge < -0.3 is 0 Å². The molecule has 0 atom stereocenters. The van der Waals surface area contributed by atoms with Crippen molar-refractivity contribution in [3.05, 3.63) is 24.9 Å². The number of rotatable bonds is 1. The molecule has 0 aromatic rings. The Balaban J connectivity index is 0. The second-order valence-electron chi connectivity index (χ2n) is 1.53. The van der Waals surface area contributed by atoms with Crippen LogP contribution in [-0.4, -0.2) is 6.21 Å². The first-order valence-electron chi connectivity index (χ1n) is 2.90. The van der Waals surface area contributed by atoms with Gasteiger partial charge in [0.25, 0.3) is 0 Å². The third-order valence-electron chi connectivity index (χ3n) is 0.349. The number of allylic oxidation sites excluding steroid dienone is 2. The van der Waals surface area contributed by atoms with Gasteiger partial charge in [-0.1, -0.05) is 12.7 Å². The highest BCUT2D eigenvalue weighted by atomic mass is 14.7. The zero-order valence-electron chi connectivity index (χ0n) is 6.52. The highest BCUT2D eigenvalue weighted by molar-refractivity contribution is 5.54. The summed E-state index contributed by atoms with van der Waals surface area (Å²) in [4.78, 5) is 3.81. The molecule has 0 spiro atoms. The van der Waals surface area contributed by atoms with Crippen molar-refractivity contribution in [3.63, 3.8) is 0 Å². The van der Waals surface area contributed by atoms with E-state index >= 15 is 0 Å². The third-order valence-corrected chi connectivity index (χ3v) is 0.349. The van der Waals surface area contributed by atoms with Crippen LogP contribution in [0, 0.1) is 0 Å². The lowest BCUT2D eigenvalue weighted by molar-refractivity contribution is 1.34. The molecule has 0 aliphatic carbocycles. The molecule has 0 heterocycles. The highest BCUT2D eigenvalue weighted by Crippen LogP contribution is 1.82. The molecule has 0 bridgehead atoms. The predicted octanol–water partition coefficient (Wildman–Crippen LogP) is 2.80. The number of hydrogen-bond donors (Lipinski definition) is 0. The minimum absolute atomic E-state index is 0.859. The normalized spacial score (nSPS) is 7.89. The van der Waals surface area contributed by atoms with E-state index in [0.717, 1.165) is 5.70 Å². The molecule has 0 aromatic carbocycles. The van der Waals surface area contributed by atoms with Crippen LogP contribution in [-0.2, 0) is 0 Å². The Bertz CT molecular complexity index is 101. The SMILES string of the molecule is C=C(C)N=CC.C=CC. The van der Waals surface area contributed by atoms with E-state index in [1.807, 2.05) is 20.8 Å². The first-order chi connectivity index (χ1) is 4.18. The Morgan fingerprint density at radius 1 is 1.44 bits per heavy atom. The third kappa shape index (κ3) is 41.0. The van der Waals surface area contributed by atoms with Gasteiger partial charge in [-0.3, -0.25) is 4.99 Å². The van der Waals surface area contributed by atoms with Crippen molar-refractivity contribution in [3.8, 4) is 0 Å². The van der Waals surface area contributed by atoms with Gasteiger partial charge in [-0.15, -0.1) is 6.58 Å². The Morgan fingerprint density at radius 3 is 1.78 bits per heavy atom. The van der Waals surface area contributed by atoms with E-state index in [0.29, 0.717) is 0 Å². The molecule has 0 saturated heterocycles. The van der Waals surface area contributed by atoms with Crippen LogP contribution in [0.5, 0.6) is 0 Å². The quantitative estimate of drug-likeness (QED) is 0.377. The van der Waals surface area contributed by atoms with E-state index in [4.69, 9.17) is 0 Å². The van der Waals surface area contributed by atoms with E-state index in [1.165, 1.54) is 0 Å². The molecule has 0 radical (unpaired) electrons. The monoisotopic (exact) mass is 125 g/mol. The predicted molar refractivity (Wildman–Crippen MR) is 44.9 cm³/mol. The van der Waals surface area contributed by atoms with Crippen molar-refractivity contribution in [1.82, 2.24) is 0 Å². The molecular formula is C8H15N. The zero-order chi connectivity index (χ0) is 7.70. The molecule has 0 unspecified atom stereocenters. The summed E-state index contributed by atoms with van der Waals surface area (Å²) in [5.41, 5.74) is 0.859. The van der Waals surface area contributed by atoms with Gasteiger partial charge in [0.1, 0.15) is 0 Å². The molecule has 0 aliphatic rings. The summed E-state index contributed by atoms with van der Waals surface area (Å²) >= 11 is 0. The van der Waals surface area contributed by atoms with Crippen LogP contribution in [0.1, 0.15) is 20.8 Å². The molecule has 0 fully saturated rings. The first kappa shape index (κ1) is 11.0. The minimum Gasteiger partial charge on any atom is -0.267 e. The summed E-state index contributed by atoms with van der Waals surface area (Å²) in [6.45, 7) is 12.5. The van der Waals surface area contributed by atoms with Gasteiger partial charge in [-0.2, -0.15) is 0 Å². The number of nitrogens with zero attached hydrogens (tertiary/aromatic N) is 1. The fraction of sp³-hybridized carbons (Fsp3) is 0.375. The summed E-state index contributed by atoms with van der Waals surface area (Å²) in [5.74, 6) is 0. The second-order valence-corrected chi connectivity index (χ2v) is 1.53. The van der Waals surface area contributed by atoms with Crippen LogP contribution in [0.25, 0.3) is 0 Å². The standard InChI is InChI=1S/C5H9N.C3H6/c1-4-6-5(2)3;1-3-2/h4H,2H2,1,3H3;3H,1H2,2H3. The average Bonchev–Trinajstić information content (AvgIpc) is 1.67. The molecule has 52 valence electrons. The maximum atomic E-state index is 3.81. The summed E-state index contributed by atoms with van der Waals surface area (Å²) in [6.07, 6.45) is 3.47. The highest BCUT2D eigenvalue weighted by Gasteiger charge is 1.64. The molecule has 0 N–H and O–H groups in total. The Hall–Kier alpha value is -0.850. The Kier molecular flexibility index (Phi) is 12.5. The Labute approximate surface area is 57.8 Å². The van der Waals surface area contributed by atoms with Crippen LogP contribution in [0.4, 0.5) is 0 Å². The lowest BCUT2D eigenvalue weighted by Crippen LogP contribution is -1.60. The fourth-order valence-electron chi connectivity index (χ4n) is 0.220. The molecular weight excluding hydrogens is 110 g/mol. The molecule has 1 nitrogen and oxygen atoms in total. The van der Waals surface area contributed by atoms with Gasteiger partial charge in [0.15, 0.2) is 0 Å². The summed E-state index contributed by atoms with van der Waals surface area (Å²) in [5, 5.41) is 0. The van der Waals surface area contributed by atoms with Crippen molar-refractivity contribution >= 4 is 6.21 Å². The molecule has 0 aromatic heterocycles. The van der Waals surface area contributed by atoms with Gasteiger partial charge in [0.05, 0.1) is 0 Å². The van der Waals surface area contributed by atoms with Crippen molar-refractivity contribution in [2.24, 2.45) is 4.99 Å². The van der Waals surface area contributed by atoms with Gasteiger partial charge >= 0.3 is 0 Å². The van der Waals surface area contributed by atoms with Crippen molar-refractivity contribution in [2.75, 3.05) is 0 Å². The Morgan fingerprint density at radius 2 is 1.78 bits per heavy atom. The lowest BCUT2D eigenvalue weighted by Gasteiger charge is -1.77. The summed E-state index contributed by atoms with van der Waals surface area (Å²) in [6, 6.07) is 0. The van der Waals surface area contributed by atoms with Crippen LogP contribution in [0.2, 0.25) is 0 Å². The van der Waals surface area contributed by atoms with E-state index in [9.17, 15) is 0 Å².